The maximum Gasteiger partial charge on any atom is 0.276 e. The highest BCUT2D eigenvalue weighted by Crippen LogP contribution is 2.22. The number of amides is 1. The standard InChI is InChI=1S/C12H12BrN3O2/c1-16-11(18-2)7-10(15-16)12(17)14-9-6-4-3-5-8(9)13/h3-7H,1-2H3,(H,14,17). The van der Waals surface area contributed by atoms with Crippen LogP contribution in [0.3, 0.4) is 0 Å². The Labute approximate surface area is 113 Å². The molecule has 1 N–H and O–H groups in total. The van der Waals surface area contributed by atoms with E-state index in [2.05, 4.69) is 26.3 Å². The molecular formula is C12H12BrN3O2. The molecule has 94 valence electrons. The third-order valence-electron chi connectivity index (χ3n) is 2.40. The summed E-state index contributed by atoms with van der Waals surface area (Å²) in [4.78, 5) is 12.0. The predicted molar refractivity (Wildman–Crippen MR) is 71.9 cm³/mol. The predicted octanol–water partition coefficient (Wildman–Crippen LogP) is 2.44. The maximum absolute atomic E-state index is 12.0. The normalized spacial score (nSPS) is 10.2. The third-order valence-corrected chi connectivity index (χ3v) is 3.09. The van der Waals surface area contributed by atoms with Crippen molar-refractivity contribution in [1.82, 2.24) is 9.78 Å². The number of aryl methyl sites for hydroxylation is 1. The molecule has 1 aromatic carbocycles. The van der Waals surface area contributed by atoms with Crippen LogP contribution in [0.4, 0.5) is 5.69 Å². The first-order valence-electron chi connectivity index (χ1n) is 5.25. The van der Waals surface area contributed by atoms with Crippen LogP contribution < -0.4 is 10.1 Å². The van der Waals surface area contributed by atoms with Gasteiger partial charge in [-0.2, -0.15) is 5.10 Å². The number of benzene rings is 1. The highest BCUT2D eigenvalue weighted by Gasteiger charge is 2.14. The Hall–Kier alpha value is -1.82. The zero-order valence-corrected chi connectivity index (χ0v) is 11.6. The van der Waals surface area contributed by atoms with Crippen LogP contribution in [0.15, 0.2) is 34.8 Å². The SMILES string of the molecule is COc1cc(C(=O)Nc2ccccc2Br)nn1C. The minimum Gasteiger partial charge on any atom is -0.481 e. The molecule has 0 saturated carbocycles. The largest absolute Gasteiger partial charge is 0.481 e. The number of hydrogen-bond acceptors (Lipinski definition) is 3. The molecule has 0 spiro atoms. The van der Waals surface area contributed by atoms with Gasteiger partial charge in [-0.15, -0.1) is 0 Å². The van der Waals surface area contributed by atoms with Gasteiger partial charge in [0.15, 0.2) is 5.69 Å². The molecule has 18 heavy (non-hydrogen) atoms. The summed E-state index contributed by atoms with van der Waals surface area (Å²) in [6.07, 6.45) is 0. The summed E-state index contributed by atoms with van der Waals surface area (Å²) in [7, 11) is 3.25. The number of para-hydroxylation sites is 1. The Morgan fingerprint density at radius 2 is 2.17 bits per heavy atom. The van der Waals surface area contributed by atoms with E-state index in [1.54, 1.807) is 13.1 Å². The van der Waals surface area contributed by atoms with E-state index in [1.165, 1.54) is 11.8 Å². The summed E-state index contributed by atoms with van der Waals surface area (Å²) < 4.78 is 7.39. The van der Waals surface area contributed by atoms with Crippen molar-refractivity contribution in [2.45, 2.75) is 0 Å². The minimum absolute atomic E-state index is 0.277. The van der Waals surface area contributed by atoms with Crippen LogP contribution in [0.2, 0.25) is 0 Å². The number of halogens is 1. The Morgan fingerprint density at radius 1 is 1.44 bits per heavy atom. The van der Waals surface area contributed by atoms with E-state index < -0.39 is 0 Å². The summed E-state index contributed by atoms with van der Waals surface area (Å²) in [5.41, 5.74) is 1.01. The molecule has 5 nitrogen and oxygen atoms in total. The van der Waals surface area contributed by atoms with Crippen LogP contribution in [0.25, 0.3) is 0 Å². The van der Waals surface area contributed by atoms with Gasteiger partial charge in [0.25, 0.3) is 5.91 Å². The van der Waals surface area contributed by atoms with E-state index in [1.807, 2.05) is 24.3 Å². The van der Waals surface area contributed by atoms with Gasteiger partial charge in [-0.05, 0) is 28.1 Å². The fraction of sp³-hybridized carbons (Fsp3) is 0.167. The molecule has 0 aliphatic heterocycles. The summed E-state index contributed by atoms with van der Waals surface area (Å²) in [5.74, 6) is 0.257. The highest BCUT2D eigenvalue weighted by molar-refractivity contribution is 9.10. The maximum atomic E-state index is 12.0. The van der Waals surface area contributed by atoms with Crippen molar-refractivity contribution in [3.05, 3.63) is 40.5 Å². The molecule has 6 heteroatoms. The van der Waals surface area contributed by atoms with Gasteiger partial charge in [-0.25, -0.2) is 4.68 Å². The van der Waals surface area contributed by atoms with E-state index >= 15 is 0 Å². The van der Waals surface area contributed by atoms with Crippen LogP contribution in [0.5, 0.6) is 5.88 Å². The molecule has 0 unspecified atom stereocenters. The van der Waals surface area contributed by atoms with Crippen molar-refractivity contribution in [2.75, 3.05) is 12.4 Å². The fourth-order valence-electron chi connectivity index (χ4n) is 1.50. The Bertz CT molecular complexity index is 580. The molecule has 1 heterocycles. The molecule has 0 aliphatic carbocycles. The molecule has 0 saturated heterocycles. The zero-order valence-electron chi connectivity index (χ0n) is 9.98. The number of nitrogens with one attached hydrogen (secondary N) is 1. The molecule has 2 rings (SSSR count). The van der Waals surface area contributed by atoms with Gasteiger partial charge in [0.2, 0.25) is 5.88 Å². The van der Waals surface area contributed by atoms with Gasteiger partial charge in [0.1, 0.15) is 0 Å². The fourth-order valence-corrected chi connectivity index (χ4v) is 1.88. The molecule has 1 amide bonds. The van der Waals surface area contributed by atoms with E-state index in [-0.39, 0.29) is 5.91 Å². The quantitative estimate of drug-likeness (QED) is 0.947. The van der Waals surface area contributed by atoms with Crippen LogP contribution in [-0.4, -0.2) is 22.8 Å². The van der Waals surface area contributed by atoms with Gasteiger partial charge in [-0.3, -0.25) is 4.79 Å². The molecule has 0 aliphatic rings. The van der Waals surface area contributed by atoms with Gasteiger partial charge < -0.3 is 10.1 Å². The lowest BCUT2D eigenvalue weighted by atomic mass is 10.3. The highest BCUT2D eigenvalue weighted by atomic mass is 79.9. The van der Waals surface area contributed by atoms with Crippen LogP contribution in [0, 0.1) is 0 Å². The summed E-state index contributed by atoms with van der Waals surface area (Å²) >= 11 is 3.37. The number of anilines is 1. The van der Waals surface area contributed by atoms with Gasteiger partial charge >= 0.3 is 0 Å². The second-order valence-electron chi connectivity index (χ2n) is 3.63. The van der Waals surface area contributed by atoms with Gasteiger partial charge in [-0.1, -0.05) is 12.1 Å². The lowest BCUT2D eigenvalue weighted by molar-refractivity contribution is 0.102. The van der Waals surface area contributed by atoms with Crippen molar-refractivity contribution in [3.8, 4) is 5.88 Å². The number of hydrogen-bond donors (Lipinski definition) is 1. The lowest BCUT2D eigenvalue weighted by Gasteiger charge is -2.04. The van der Waals surface area contributed by atoms with Crippen molar-refractivity contribution < 1.29 is 9.53 Å². The Balaban J connectivity index is 2.19. The molecule has 1 aromatic heterocycles. The minimum atomic E-state index is -0.277. The molecule has 0 atom stereocenters. The number of aromatic nitrogens is 2. The molecule has 0 fully saturated rings. The van der Waals surface area contributed by atoms with Gasteiger partial charge in [0, 0.05) is 17.6 Å². The van der Waals surface area contributed by atoms with Crippen LogP contribution >= 0.6 is 15.9 Å². The average Bonchev–Trinajstić information content (AvgIpc) is 2.73. The zero-order chi connectivity index (χ0) is 13.1. The Kier molecular flexibility index (Phi) is 3.66. The summed E-state index contributed by atoms with van der Waals surface area (Å²) in [5, 5.41) is 6.85. The smallest absolute Gasteiger partial charge is 0.276 e. The first-order valence-corrected chi connectivity index (χ1v) is 6.05. The van der Waals surface area contributed by atoms with E-state index in [4.69, 9.17) is 4.74 Å². The van der Waals surface area contributed by atoms with Crippen LogP contribution in [0.1, 0.15) is 10.5 Å². The van der Waals surface area contributed by atoms with Crippen molar-refractivity contribution in [3.63, 3.8) is 0 Å². The van der Waals surface area contributed by atoms with E-state index in [0.717, 1.165) is 4.47 Å². The first-order chi connectivity index (χ1) is 8.61. The van der Waals surface area contributed by atoms with E-state index in [0.29, 0.717) is 17.3 Å². The van der Waals surface area contributed by atoms with Crippen molar-refractivity contribution >= 4 is 27.5 Å². The molecule has 0 radical (unpaired) electrons. The lowest BCUT2D eigenvalue weighted by Crippen LogP contribution is -2.13. The Morgan fingerprint density at radius 3 is 2.78 bits per heavy atom. The number of methoxy groups -OCH3 is 1. The summed E-state index contributed by atoms with van der Waals surface area (Å²) in [6.45, 7) is 0. The van der Waals surface area contributed by atoms with Gasteiger partial charge in [0.05, 0.1) is 12.8 Å². The van der Waals surface area contributed by atoms with E-state index in [9.17, 15) is 4.79 Å². The second-order valence-corrected chi connectivity index (χ2v) is 4.48. The number of rotatable bonds is 3. The monoisotopic (exact) mass is 309 g/mol. The average molecular weight is 310 g/mol. The van der Waals surface area contributed by atoms with Crippen molar-refractivity contribution in [2.24, 2.45) is 7.05 Å². The summed E-state index contributed by atoms with van der Waals surface area (Å²) in [6, 6.07) is 8.98. The first kappa shape index (κ1) is 12.6. The number of ether oxygens (including phenoxy) is 1. The molecule has 2 aromatic rings. The van der Waals surface area contributed by atoms with Crippen LogP contribution in [-0.2, 0) is 7.05 Å². The second kappa shape index (κ2) is 5.22. The third kappa shape index (κ3) is 2.53. The molecule has 0 bridgehead atoms. The topological polar surface area (TPSA) is 56.1 Å². The number of nitrogens with zero attached hydrogens (tertiary/aromatic N) is 2. The number of carbonyl (C=O) groups is 1. The van der Waals surface area contributed by atoms with Crippen molar-refractivity contribution in [1.29, 1.82) is 0 Å². The molecular weight excluding hydrogens is 298 g/mol. The number of carbonyl (C=O) groups excluding carboxylic acids is 1.